The number of fused-ring (bicyclic) bond motifs is 3. The molecular weight excluding hydrogens is 638 g/mol. The normalized spacial score (nSPS) is 22.6. The SMILES string of the molecule is C[C@@H](O)[C@@H]1NC(=O)[C@H](CC2CCCCC2)NC(=O)c2cc(Cl)ccc2OCCn2cc(nn2)CNC(=O)[C@@H](Cc2ccccc2)NC1=O. The number of hydrogen-bond donors (Lipinski definition) is 5. The molecule has 5 rings (SSSR count). The highest BCUT2D eigenvalue weighted by molar-refractivity contribution is 6.31. The number of ether oxygens (including phenoxy) is 1. The number of nitrogens with one attached hydrogen (secondary N) is 4. The number of rotatable bonds is 5. The summed E-state index contributed by atoms with van der Waals surface area (Å²) in [7, 11) is 0. The van der Waals surface area contributed by atoms with E-state index in [1.165, 1.54) is 13.0 Å². The van der Waals surface area contributed by atoms with Gasteiger partial charge in [0.05, 0.1) is 31.0 Å². The highest BCUT2D eigenvalue weighted by Gasteiger charge is 2.34. The fourth-order valence-electron chi connectivity index (χ4n) is 6.09. The molecule has 1 saturated carbocycles. The lowest BCUT2D eigenvalue weighted by molar-refractivity contribution is -0.135. The summed E-state index contributed by atoms with van der Waals surface area (Å²) in [6.45, 7) is 1.86. The third kappa shape index (κ3) is 9.54. The first-order valence-corrected chi connectivity index (χ1v) is 16.8. The number of halogens is 1. The van der Waals surface area contributed by atoms with Gasteiger partial charge in [-0.15, -0.1) is 5.10 Å². The third-order valence-electron chi connectivity index (χ3n) is 8.69. The van der Waals surface area contributed by atoms with Crippen molar-refractivity contribution in [3.05, 3.63) is 76.6 Å². The highest BCUT2D eigenvalue weighted by Crippen LogP contribution is 2.28. The number of carbonyl (C=O) groups excluding carboxylic acids is 4. The van der Waals surface area contributed by atoms with E-state index in [4.69, 9.17) is 16.3 Å². The van der Waals surface area contributed by atoms with Crippen LogP contribution in [0, 0.1) is 5.92 Å². The molecule has 1 aliphatic heterocycles. The Labute approximate surface area is 284 Å². The summed E-state index contributed by atoms with van der Waals surface area (Å²) < 4.78 is 7.51. The van der Waals surface area contributed by atoms with Crippen LogP contribution in [0.1, 0.15) is 67.1 Å². The van der Waals surface area contributed by atoms with Gasteiger partial charge in [0.15, 0.2) is 0 Å². The van der Waals surface area contributed by atoms with Crippen molar-refractivity contribution >= 4 is 35.2 Å². The minimum absolute atomic E-state index is 0.0434. The van der Waals surface area contributed by atoms with E-state index in [9.17, 15) is 24.3 Å². The number of nitrogens with zero attached hydrogens (tertiary/aromatic N) is 3. The van der Waals surface area contributed by atoms with Crippen LogP contribution in [-0.4, -0.2) is 74.6 Å². The molecule has 13 nitrogen and oxygen atoms in total. The van der Waals surface area contributed by atoms with Gasteiger partial charge in [0, 0.05) is 11.4 Å². The molecule has 0 unspecified atom stereocenters. The molecule has 256 valence electrons. The molecule has 2 aliphatic rings. The molecule has 14 heteroatoms. The largest absolute Gasteiger partial charge is 0.491 e. The first-order chi connectivity index (χ1) is 23.2. The van der Waals surface area contributed by atoms with Gasteiger partial charge in [0.1, 0.15) is 36.2 Å². The number of carbonyl (C=O) groups is 4. The molecule has 0 spiro atoms. The molecule has 3 aromatic rings. The minimum Gasteiger partial charge on any atom is -0.491 e. The van der Waals surface area contributed by atoms with Crippen LogP contribution in [0.5, 0.6) is 5.75 Å². The molecule has 4 atom stereocenters. The first kappa shape index (κ1) is 34.8. The van der Waals surface area contributed by atoms with Crippen LogP contribution in [0.15, 0.2) is 54.7 Å². The molecule has 0 radical (unpaired) electrons. The van der Waals surface area contributed by atoms with Crippen LogP contribution in [0.3, 0.4) is 0 Å². The van der Waals surface area contributed by atoms with Crippen molar-refractivity contribution in [1.82, 2.24) is 36.3 Å². The van der Waals surface area contributed by atoms with Crippen molar-refractivity contribution in [2.24, 2.45) is 5.92 Å². The second-order valence-electron chi connectivity index (χ2n) is 12.4. The third-order valence-corrected chi connectivity index (χ3v) is 8.92. The van der Waals surface area contributed by atoms with Gasteiger partial charge in [-0.1, -0.05) is 79.3 Å². The van der Waals surface area contributed by atoms with E-state index < -0.39 is 47.9 Å². The Morgan fingerprint density at radius 2 is 1.73 bits per heavy atom. The highest BCUT2D eigenvalue weighted by atomic mass is 35.5. The van der Waals surface area contributed by atoms with Crippen molar-refractivity contribution in [3.63, 3.8) is 0 Å². The Kier molecular flexibility index (Phi) is 12.0. The van der Waals surface area contributed by atoms with E-state index >= 15 is 0 Å². The predicted molar refractivity (Wildman–Crippen MR) is 177 cm³/mol. The molecule has 5 N–H and O–H groups in total. The lowest BCUT2D eigenvalue weighted by Crippen LogP contribution is -2.60. The monoisotopic (exact) mass is 679 g/mol. The summed E-state index contributed by atoms with van der Waals surface area (Å²) in [6, 6.07) is 10.4. The molecule has 48 heavy (non-hydrogen) atoms. The topological polar surface area (TPSA) is 177 Å². The van der Waals surface area contributed by atoms with Crippen LogP contribution in [0.25, 0.3) is 0 Å². The lowest BCUT2D eigenvalue weighted by Gasteiger charge is -2.29. The summed E-state index contributed by atoms with van der Waals surface area (Å²) in [5, 5.41) is 30.3. The summed E-state index contributed by atoms with van der Waals surface area (Å²) in [6.07, 6.45) is 5.82. The zero-order valence-corrected chi connectivity index (χ0v) is 27.6. The number of aliphatic hydroxyl groups excluding tert-OH is 1. The predicted octanol–water partition coefficient (Wildman–Crippen LogP) is 2.30. The van der Waals surface area contributed by atoms with Gasteiger partial charge in [0.25, 0.3) is 5.91 Å². The second-order valence-corrected chi connectivity index (χ2v) is 12.9. The van der Waals surface area contributed by atoms with Crippen molar-refractivity contribution in [1.29, 1.82) is 0 Å². The number of hydrogen-bond acceptors (Lipinski definition) is 8. The average molecular weight is 680 g/mol. The first-order valence-electron chi connectivity index (χ1n) is 16.4. The van der Waals surface area contributed by atoms with Crippen LogP contribution < -0.4 is 26.0 Å². The summed E-state index contributed by atoms with van der Waals surface area (Å²) >= 11 is 6.27. The quantitative estimate of drug-likeness (QED) is 0.273. The van der Waals surface area contributed by atoms with Crippen molar-refractivity contribution in [2.75, 3.05) is 6.61 Å². The zero-order chi connectivity index (χ0) is 34.0. The van der Waals surface area contributed by atoms with Crippen LogP contribution in [0.4, 0.5) is 0 Å². The van der Waals surface area contributed by atoms with Gasteiger partial charge < -0.3 is 31.1 Å². The Hall–Kier alpha value is -4.49. The van der Waals surface area contributed by atoms with Gasteiger partial charge in [-0.3, -0.25) is 19.2 Å². The molecule has 1 aliphatic carbocycles. The van der Waals surface area contributed by atoms with Gasteiger partial charge >= 0.3 is 0 Å². The van der Waals surface area contributed by atoms with E-state index in [-0.39, 0.29) is 36.8 Å². The van der Waals surface area contributed by atoms with E-state index in [1.807, 2.05) is 30.3 Å². The minimum atomic E-state index is -1.41. The standard InChI is InChI=1S/C34H42ClN7O6/c1-21(43)30-34(47)38-27(16-22-8-4-2-5-9-22)32(45)36-19-25-20-42(41-40-25)14-15-48-29-13-12-24(35)18-26(29)31(44)37-28(33(46)39-30)17-23-10-6-3-7-11-23/h2,4-5,8-9,12-13,18,20-21,23,27-28,30,43H,3,6-7,10-11,14-17,19H2,1H3,(H,36,45)(H,37,44)(H,38,47)(H,39,46)/t21-,27-,28+,30+/m1/s1. The summed E-state index contributed by atoms with van der Waals surface area (Å²) in [4.78, 5) is 54.7. The van der Waals surface area contributed by atoms with Crippen molar-refractivity contribution < 1.29 is 29.0 Å². The Balaban J connectivity index is 1.46. The fourth-order valence-corrected chi connectivity index (χ4v) is 6.26. The summed E-state index contributed by atoms with van der Waals surface area (Å²) in [5.41, 5.74) is 1.42. The average Bonchev–Trinajstić information content (AvgIpc) is 3.53. The Morgan fingerprint density at radius 1 is 0.958 bits per heavy atom. The van der Waals surface area contributed by atoms with E-state index in [1.54, 1.807) is 23.0 Å². The molecular formula is C34H42ClN7O6. The number of aliphatic hydroxyl groups is 1. The lowest BCUT2D eigenvalue weighted by atomic mass is 9.84. The number of amides is 4. The van der Waals surface area contributed by atoms with Gasteiger partial charge in [0.2, 0.25) is 17.7 Å². The number of aromatic nitrogens is 3. The molecule has 4 amide bonds. The van der Waals surface area contributed by atoms with Crippen molar-refractivity contribution in [3.8, 4) is 5.75 Å². The molecule has 2 heterocycles. The van der Waals surface area contributed by atoms with E-state index in [0.29, 0.717) is 23.7 Å². The van der Waals surface area contributed by atoms with Gasteiger partial charge in [-0.25, -0.2) is 4.68 Å². The Morgan fingerprint density at radius 3 is 2.48 bits per heavy atom. The Bertz CT molecular complexity index is 1580. The maximum absolute atomic E-state index is 13.9. The van der Waals surface area contributed by atoms with Gasteiger partial charge in [-0.2, -0.15) is 0 Å². The molecule has 1 fully saturated rings. The van der Waals surface area contributed by atoms with Crippen molar-refractivity contribution in [2.45, 2.75) is 89.2 Å². The van der Waals surface area contributed by atoms with E-state index in [0.717, 1.165) is 37.7 Å². The zero-order valence-electron chi connectivity index (χ0n) is 26.9. The van der Waals surface area contributed by atoms with Crippen LogP contribution in [-0.2, 0) is 33.9 Å². The molecule has 0 saturated heterocycles. The number of benzene rings is 2. The smallest absolute Gasteiger partial charge is 0.255 e. The van der Waals surface area contributed by atoms with Gasteiger partial charge in [-0.05, 0) is 43.0 Å². The summed E-state index contributed by atoms with van der Waals surface area (Å²) in [5.74, 6) is -1.98. The van der Waals surface area contributed by atoms with E-state index in [2.05, 4.69) is 31.6 Å². The fraction of sp³-hybridized carbons (Fsp3) is 0.471. The van der Waals surface area contributed by atoms with Crippen LogP contribution in [0.2, 0.25) is 5.02 Å². The van der Waals surface area contributed by atoms with Crippen LogP contribution >= 0.6 is 11.6 Å². The molecule has 2 bridgehead atoms. The second kappa shape index (κ2) is 16.6. The molecule has 1 aromatic heterocycles. The molecule has 2 aromatic carbocycles. The maximum Gasteiger partial charge on any atom is 0.255 e. The maximum atomic E-state index is 13.9.